The van der Waals surface area contributed by atoms with E-state index >= 15 is 0 Å². The quantitative estimate of drug-likeness (QED) is 0.255. The molecule has 0 bridgehead atoms. The fraction of sp³-hybridized carbons (Fsp3) is 0.0833. The number of hydrogen-bond donors (Lipinski definition) is 2. The van der Waals surface area contributed by atoms with Crippen molar-refractivity contribution < 1.29 is 28.4 Å². The average Bonchev–Trinajstić information content (AvgIpc) is 3.22. The van der Waals surface area contributed by atoms with Crippen molar-refractivity contribution in [1.29, 1.82) is 0 Å². The number of hydrogen-bond acceptors (Lipinski definition) is 7. The van der Waals surface area contributed by atoms with E-state index in [1.165, 1.54) is 26.4 Å². The Hall–Kier alpha value is -4.57. The number of nitro groups is 1. The molecular formula is C24H18ClN3O7. The number of benzene rings is 3. The van der Waals surface area contributed by atoms with Gasteiger partial charge in [-0.05, 0) is 36.4 Å². The highest BCUT2D eigenvalue weighted by Crippen LogP contribution is 2.35. The third-order valence-electron chi connectivity index (χ3n) is 5.10. The standard InChI is InChI=1S/C24H18ClN3O7/c1-33-14-8-10-20(34-2)17(12-14)26-24(30)22-21(15-5-3-4-6-19(15)35-22)27-23(29)16-11-13(25)7-9-18(16)28(31)32/h3-12H,1-2H3,(H,26,30)(H,27,29). The Bertz CT molecular complexity index is 1470. The molecule has 0 aliphatic carbocycles. The van der Waals surface area contributed by atoms with Crippen LogP contribution in [0, 0.1) is 10.1 Å². The topological polar surface area (TPSA) is 133 Å². The van der Waals surface area contributed by atoms with E-state index in [1.54, 1.807) is 42.5 Å². The van der Waals surface area contributed by atoms with Crippen molar-refractivity contribution in [3.8, 4) is 11.5 Å². The van der Waals surface area contributed by atoms with Crippen LogP contribution in [0.2, 0.25) is 5.02 Å². The summed E-state index contributed by atoms with van der Waals surface area (Å²) in [5, 5.41) is 17.3. The Morgan fingerprint density at radius 3 is 2.46 bits per heavy atom. The molecule has 0 atom stereocenters. The van der Waals surface area contributed by atoms with E-state index in [9.17, 15) is 19.7 Å². The molecule has 0 radical (unpaired) electrons. The third kappa shape index (κ3) is 4.73. The number of amides is 2. The number of furan rings is 1. The summed E-state index contributed by atoms with van der Waals surface area (Å²) < 4.78 is 16.2. The van der Waals surface area contributed by atoms with Gasteiger partial charge in [0, 0.05) is 22.5 Å². The number of fused-ring (bicyclic) bond motifs is 1. The van der Waals surface area contributed by atoms with Gasteiger partial charge in [-0.3, -0.25) is 19.7 Å². The summed E-state index contributed by atoms with van der Waals surface area (Å²) in [6, 6.07) is 15.1. The van der Waals surface area contributed by atoms with Gasteiger partial charge in [0.15, 0.2) is 0 Å². The van der Waals surface area contributed by atoms with E-state index in [2.05, 4.69) is 10.6 Å². The normalized spacial score (nSPS) is 10.6. The van der Waals surface area contributed by atoms with Crippen LogP contribution in [0.25, 0.3) is 11.0 Å². The first-order chi connectivity index (χ1) is 16.8. The zero-order valence-electron chi connectivity index (χ0n) is 18.5. The van der Waals surface area contributed by atoms with Gasteiger partial charge in [-0.15, -0.1) is 0 Å². The Kier molecular flexibility index (Phi) is 6.56. The van der Waals surface area contributed by atoms with Crippen LogP contribution in [0.4, 0.5) is 17.1 Å². The number of ether oxygens (including phenoxy) is 2. The first kappa shape index (κ1) is 23.6. The van der Waals surface area contributed by atoms with Crippen LogP contribution in [0.15, 0.2) is 65.1 Å². The predicted octanol–water partition coefficient (Wildman–Crippen LogP) is 5.52. The largest absolute Gasteiger partial charge is 0.497 e. The highest BCUT2D eigenvalue weighted by Gasteiger charge is 2.27. The summed E-state index contributed by atoms with van der Waals surface area (Å²) in [6.07, 6.45) is 0. The maximum Gasteiger partial charge on any atom is 0.293 e. The number of carbonyl (C=O) groups excluding carboxylic acids is 2. The molecule has 4 rings (SSSR count). The number of nitrogens with one attached hydrogen (secondary N) is 2. The lowest BCUT2D eigenvalue weighted by atomic mass is 10.1. The van der Waals surface area contributed by atoms with Crippen molar-refractivity contribution in [3.63, 3.8) is 0 Å². The van der Waals surface area contributed by atoms with Crippen molar-refractivity contribution >= 4 is 51.4 Å². The molecule has 11 heteroatoms. The second-order valence-electron chi connectivity index (χ2n) is 7.20. The Morgan fingerprint density at radius 2 is 1.74 bits per heavy atom. The Labute approximate surface area is 203 Å². The van der Waals surface area contributed by atoms with Crippen molar-refractivity contribution in [2.45, 2.75) is 0 Å². The van der Waals surface area contributed by atoms with Gasteiger partial charge >= 0.3 is 0 Å². The van der Waals surface area contributed by atoms with E-state index in [4.69, 9.17) is 25.5 Å². The Balaban J connectivity index is 1.75. The lowest BCUT2D eigenvalue weighted by Crippen LogP contribution is -2.18. The molecule has 0 aliphatic heterocycles. The summed E-state index contributed by atoms with van der Waals surface area (Å²) in [5.74, 6) is -0.889. The summed E-state index contributed by atoms with van der Waals surface area (Å²) in [5.41, 5.74) is -0.0362. The Morgan fingerprint density at radius 1 is 0.971 bits per heavy atom. The van der Waals surface area contributed by atoms with Gasteiger partial charge in [0.2, 0.25) is 5.76 Å². The number of rotatable bonds is 7. The van der Waals surface area contributed by atoms with Gasteiger partial charge in [0.05, 0.1) is 24.8 Å². The summed E-state index contributed by atoms with van der Waals surface area (Å²) in [6.45, 7) is 0. The molecule has 0 unspecified atom stereocenters. The second kappa shape index (κ2) is 9.74. The fourth-order valence-electron chi connectivity index (χ4n) is 3.45. The lowest BCUT2D eigenvalue weighted by Gasteiger charge is -2.12. The minimum Gasteiger partial charge on any atom is -0.497 e. The van der Waals surface area contributed by atoms with Crippen LogP contribution in [-0.2, 0) is 0 Å². The summed E-state index contributed by atoms with van der Waals surface area (Å²) >= 11 is 5.96. The number of anilines is 2. The zero-order valence-corrected chi connectivity index (χ0v) is 19.2. The summed E-state index contributed by atoms with van der Waals surface area (Å²) in [4.78, 5) is 37.0. The highest BCUT2D eigenvalue weighted by atomic mass is 35.5. The molecule has 35 heavy (non-hydrogen) atoms. The minimum atomic E-state index is -0.834. The molecule has 0 aliphatic rings. The molecule has 0 saturated carbocycles. The van der Waals surface area contributed by atoms with Gasteiger partial charge in [0.25, 0.3) is 17.5 Å². The van der Waals surface area contributed by atoms with Gasteiger partial charge in [-0.1, -0.05) is 23.7 Å². The maximum absolute atomic E-state index is 13.2. The molecule has 2 N–H and O–H groups in total. The second-order valence-corrected chi connectivity index (χ2v) is 7.63. The first-order valence-corrected chi connectivity index (χ1v) is 10.5. The van der Waals surface area contributed by atoms with E-state index in [-0.39, 0.29) is 22.0 Å². The minimum absolute atomic E-state index is 0.0410. The first-order valence-electron chi connectivity index (χ1n) is 10.1. The van der Waals surface area contributed by atoms with Crippen LogP contribution in [0.1, 0.15) is 20.9 Å². The number of carbonyl (C=O) groups is 2. The van der Waals surface area contributed by atoms with E-state index in [1.807, 2.05) is 0 Å². The zero-order chi connectivity index (χ0) is 25.1. The predicted molar refractivity (Wildman–Crippen MR) is 130 cm³/mol. The van der Waals surface area contributed by atoms with Crippen molar-refractivity contribution in [1.82, 2.24) is 0 Å². The van der Waals surface area contributed by atoms with Crippen molar-refractivity contribution in [3.05, 3.63) is 87.1 Å². The van der Waals surface area contributed by atoms with Crippen molar-refractivity contribution in [2.24, 2.45) is 0 Å². The van der Waals surface area contributed by atoms with E-state index in [0.29, 0.717) is 28.2 Å². The molecule has 2 amide bonds. The molecule has 1 heterocycles. The highest BCUT2D eigenvalue weighted by molar-refractivity contribution is 6.31. The van der Waals surface area contributed by atoms with Crippen LogP contribution >= 0.6 is 11.6 Å². The van der Waals surface area contributed by atoms with Crippen LogP contribution in [0.3, 0.4) is 0 Å². The molecule has 0 saturated heterocycles. The van der Waals surface area contributed by atoms with E-state index in [0.717, 1.165) is 6.07 Å². The van der Waals surface area contributed by atoms with Gasteiger partial charge < -0.3 is 24.5 Å². The maximum atomic E-state index is 13.2. The van der Waals surface area contributed by atoms with E-state index < -0.39 is 22.4 Å². The summed E-state index contributed by atoms with van der Waals surface area (Å²) in [7, 11) is 2.93. The number of nitrogens with zero attached hydrogens (tertiary/aromatic N) is 1. The van der Waals surface area contributed by atoms with Crippen LogP contribution in [0.5, 0.6) is 11.5 Å². The molecule has 10 nitrogen and oxygen atoms in total. The van der Waals surface area contributed by atoms with Crippen LogP contribution in [-0.4, -0.2) is 31.0 Å². The van der Waals surface area contributed by atoms with Gasteiger partial charge in [0.1, 0.15) is 28.3 Å². The van der Waals surface area contributed by atoms with Crippen LogP contribution < -0.4 is 20.1 Å². The van der Waals surface area contributed by atoms with Crippen molar-refractivity contribution in [2.75, 3.05) is 24.9 Å². The third-order valence-corrected chi connectivity index (χ3v) is 5.33. The molecule has 178 valence electrons. The average molecular weight is 496 g/mol. The number of halogens is 1. The number of methoxy groups -OCH3 is 2. The lowest BCUT2D eigenvalue weighted by molar-refractivity contribution is -0.385. The molecule has 0 spiro atoms. The number of para-hydroxylation sites is 1. The molecule has 4 aromatic rings. The SMILES string of the molecule is COc1ccc(OC)c(NC(=O)c2oc3ccccc3c2NC(=O)c2cc(Cl)ccc2[N+](=O)[O-])c1. The smallest absolute Gasteiger partial charge is 0.293 e. The molecular weight excluding hydrogens is 478 g/mol. The van der Waals surface area contributed by atoms with Gasteiger partial charge in [-0.25, -0.2) is 0 Å². The molecule has 1 aromatic heterocycles. The monoisotopic (exact) mass is 495 g/mol. The number of nitro benzene ring substituents is 1. The molecule has 3 aromatic carbocycles. The fourth-order valence-corrected chi connectivity index (χ4v) is 3.62. The molecule has 0 fully saturated rings. The van der Waals surface area contributed by atoms with Gasteiger partial charge in [-0.2, -0.15) is 0 Å².